The largest absolute Gasteiger partial charge is 0.385 e. The highest BCUT2D eigenvalue weighted by molar-refractivity contribution is 4.43. The first-order chi connectivity index (χ1) is 4.77. The number of hydrogen-bond donors (Lipinski definition) is 0. The normalized spacial score (nSPS) is 10.8. The summed E-state index contributed by atoms with van der Waals surface area (Å²) < 4.78 is 27.8. The Bertz CT molecular complexity index is 66.6. The summed E-state index contributed by atoms with van der Waals surface area (Å²) in [6.07, 6.45) is 0.245. The quantitative estimate of drug-likeness (QED) is 0.531. The highest BCUT2D eigenvalue weighted by Gasteiger charge is 2.00. The van der Waals surface area contributed by atoms with Gasteiger partial charge in [0.05, 0.1) is 0 Å². The lowest BCUT2D eigenvalue weighted by molar-refractivity contribution is 0.131. The monoisotopic (exact) mass is 152 g/mol. The summed E-state index contributed by atoms with van der Waals surface area (Å²) >= 11 is 0. The van der Waals surface area contributed by atoms with Crippen LogP contribution in [-0.4, -0.2) is 20.1 Å². The molecule has 0 atom stereocenters. The SMILES string of the molecule is COCCCCCC(F)F. The maximum atomic E-state index is 11.5. The van der Waals surface area contributed by atoms with Gasteiger partial charge in [0, 0.05) is 20.1 Å². The van der Waals surface area contributed by atoms with Crippen molar-refractivity contribution in [2.45, 2.75) is 32.1 Å². The predicted octanol–water partition coefficient (Wildman–Crippen LogP) is 2.46. The molecule has 0 saturated carbocycles. The summed E-state index contributed by atoms with van der Waals surface area (Å²) in [6, 6.07) is 0. The Morgan fingerprint density at radius 2 is 1.90 bits per heavy atom. The van der Waals surface area contributed by atoms with E-state index in [9.17, 15) is 8.78 Å². The van der Waals surface area contributed by atoms with Crippen molar-refractivity contribution in [3.8, 4) is 0 Å². The van der Waals surface area contributed by atoms with Crippen LogP contribution in [0.15, 0.2) is 0 Å². The van der Waals surface area contributed by atoms with Gasteiger partial charge in [0.2, 0.25) is 6.43 Å². The fraction of sp³-hybridized carbons (Fsp3) is 1.00. The molecule has 0 unspecified atom stereocenters. The summed E-state index contributed by atoms with van der Waals surface area (Å²) in [5.41, 5.74) is 0. The van der Waals surface area contributed by atoms with Gasteiger partial charge < -0.3 is 4.74 Å². The van der Waals surface area contributed by atoms with Crippen LogP contribution in [0.5, 0.6) is 0 Å². The Labute approximate surface area is 60.4 Å². The Morgan fingerprint density at radius 1 is 1.20 bits per heavy atom. The second-order valence-corrected chi connectivity index (χ2v) is 2.23. The van der Waals surface area contributed by atoms with E-state index in [2.05, 4.69) is 0 Å². The van der Waals surface area contributed by atoms with Gasteiger partial charge in [0.1, 0.15) is 0 Å². The van der Waals surface area contributed by atoms with Crippen molar-refractivity contribution in [1.82, 2.24) is 0 Å². The van der Waals surface area contributed by atoms with Crippen LogP contribution in [-0.2, 0) is 4.74 Å². The summed E-state index contributed by atoms with van der Waals surface area (Å²) in [5, 5.41) is 0. The van der Waals surface area contributed by atoms with E-state index in [0.29, 0.717) is 13.0 Å². The number of hydrogen-bond acceptors (Lipinski definition) is 1. The topological polar surface area (TPSA) is 9.23 Å². The molecule has 0 aliphatic rings. The molecule has 62 valence electrons. The van der Waals surface area contributed by atoms with Gasteiger partial charge in [-0.05, 0) is 12.8 Å². The number of unbranched alkanes of at least 4 members (excludes halogenated alkanes) is 2. The number of rotatable bonds is 6. The Balaban J connectivity index is 2.77. The smallest absolute Gasteiger partial charge is 0.238 e. The second kappa shape index (κ2) is 6.93. The minimum Gasteiger partial charge on any atom is -0.385 e. The summed E-state index contributed by atoms with van der Waals surface area (Å²) in [4.78, 5) is 0. The first-order valence-electron chi connectivity index (χ1n) is 3.54. The molecule has 0 saturated heterocycles. The lowest BCUT2D eigenvalue weighted by atomic mass is 10.2. The summed E-state index contributed by atoms with van der Waals surface area (Å²) in [7, 11) is 1.62. The van der Waals surface area contributed by atoms with E-state index < -0.39 is 6.43 Å². The third-order valence-corrected chi connectivity index (χ3v) is 1.27. The molecule has 0 aromatic heterocycles. The number of methoxy groups -OCH3 is 1. The Hall–Kier alpha value is -0.180. The molecule has 10 heavy (non-hydrogen) atoms. The van der Waals surface area contributed by atoms with E-state index in [-0.39, 0.29) is 6.42 Å². The number of ether oxygens (including phenoxy) is 1. The van der Waals surface area contributed by atoms with Gasteiger partial charge in [-0.1, -0.05) is 6.42 Å². The number of alkyl halides is 2. The fourth-order valence-corrected chi connectivity index (χ4v) is 0.722. The maximum absolute atomic E-state index is 11.5. The van der Waals surface area contributed by atoms with Crippen molar-refractivity contribution in [1.29, 1.82) is 0 Å². The highest BCUT2D eigenvalue weighted by Crippen LogP contribution is 2.06. The first-order valence-corrected chi connectivity index (χ1v) is 3.54. The van der Waals surface area contributed by atoms with E-state index in [1.807, 2.05) is 0 Å². The fourth-order valence-electron chi connectivity index (χ4n) is 0.722. The molecule has 0 aliphatic carbocycles. The molecule has 0 heterocycles. The van der Waals surface area contributed by atoms with Crippen molar-refractivity contribution in [3.63, 3.8) is 0 Å². The van der Waals surface area contributed by atoms with Crippen LogP contribution >= 0.6 is 0 Å². The van der Waals surface area contributed by atoms with Crippen molar-refractivity contribution in [2.75, 3.05) is 13.7 Å². The molecule has 0 aromatic rings. The number of halogens is 2. The molecule has 0 fully saturated rings. The zero-order valence-corrected chi connectivity index (χ0v) is 6.28. The molecule has 0 amide bonds. The van der Waals surface area contributed by atoms with Crippen molar-refractivity contribution in [3.05, 3.63) is 0 Å². The van der Waals surface area contributed by atoms with Crippen LogP contribution in [0.4, 0.5) is 8.78 Å². The van der Waals surface area contributed by atoms with E-state index in [4.69, 9.17) is 4.74 Å². The first kappa shape index (κ1) is 9.82. The average Bonchev–Trinajstić information content (AvgIpc) is 1.87. The molecule has 0 bridgehead atoms. The zero-order valence-electron chi connectivity index (χ0n) is 6.28. The van der Waals surface area contributed by atoms with Gasteiger partial charge >= 0.3 is 0 Å². The van der Waals surface area contributed by atoms with Gasteiger partial charge in [-0.25, -0.2) is 8.78 Å². The summed E-state index contributed by atoms with van der Waals surface area (Å²) in [6.45, 7) is 0.684. The predicted molar refractivity (Wildman–Crippen MR) is 36.3 cm³/mol. The standard InChI is InChI=1S/C7H14F2O/c1-10-6-4-2-3-5-7(8)9/h7H,2-6H2,1H3. The lowest BCUT2D eigenvalue weighted by Crippen LogP contribution is -1.92. The van der Waals surface area contributed by atoms with Gasteiger partial charge in [-0.2, -0.15) is 0 Å². The van der Waals surface area contributed by atoms with Gasteiger partial charge in [-0.15, -0.1) is 0 Å². The van der Waals surface area contributed by atoms with Gasteiger partial charge in [0.15, 0.2) is 0 Å². The van der Waals surface area contributed by atoms with E-state index in [0.717, 1.165) is 12.8 Å². The third-order valence-electron chi connectivity index (χ3n) is 1.27. The second-order valence-electron chi connectivity index (χ2n) is 2.23. The van der Waals surface area contributed by atoms with E-state index in [1.54, 1.807) is 7.11 Å². The van der Waals surface area contributed by atoms with Crippen LogP contribution in [0.1, 0.15) is 25.7 Å². The Kier molecular flexibility index (Phi) is 6.81. The molecule has 1 nitrogen and oxygen atoms in total. The molecular weight excluding hydrogens is 138 g/mol. The Morgan fingerprint density at radius 3 is 2.40 bits per heavy atom. The molecule has 0 aliphatic heterocycles. The average molecular weight is 152 g/mol. The maximum Gasteiger partial charge on any atom is 0.238 e. The molecule has 0 aromatic carbocycles. The molecule has 0 radical (unpaired) electrons. The van der Waals surface area contributed by atoms with Crippen LogP contribution in [0.3, 0.4) is 0 Å². The minimum atomic E-state index is -2.14. The van der Waals surface area contributed by atoms with Crippen LogP contribution < -0.4 is 0 Å². The van der Waals surface area contributed by atoms with Crippen LogP contribution in [0.2, 0.25) is 0 Å². The third kappa shape index (κ3) is 7.82. The van der Waals surface area contributed by atoms with Crippen molar-refractivity contribution < 1.29 is 13.5 Å². The molecule has 0 N–H and O–H groups in total. The van der Waals surface area contributed by atoms with Gasteiger partial charge in [-0.3, -0.25) is 0 Å². The van der Waals surface area contributed by atoms with E-state index in [1.165, 1.54) is 0 Å². The van der Waals surface area contributed by atoms with Gasteiger partial charge in [0.25, 0.3) is 0 Å². The van der Waals surface area contributed by atoms with Crippen molar-refractivity contribution in [2.24, 2.45) is 0 Å². The van der Waals surface area contributed by atoms with Crippen LogP contribution in [0.25, 0.3) is 0 Å². The minimum absolute atomic E-state index is 0.0315. The molecule has 0 spiro atoms. The van der Waals surface area contributed by atoms with Crippen molar-refractivity contribution >= 4 is 0 Å². The lowest BCUT2D eigenvalue weighted by Gasteiger charge is -1.98. The summed E-state index contributed by atoms with van der Waals surface area (Å²) in [5.74, 6) is 0. The molecule has 3 heteroatoms. The zero-order chi connectivity index (χ0) is 7.82. The highest BCUT2D eigenvalue weighted by atomic mass is 19.3. The van der Waals surface area contributed by atoms with E-state index >= 15 is 0 Å². The van der Waals surface area contributed by atoms with Crippen LogP contribution in [0, 0.1) is 0 Å². The molecule has 0 rings (SSSR count). The molecular formula is C7H14F2O.